The van der Waals surface area contributed by atoms with Gasteiger partial charge in [0.05, 0.1) is 30.3 Å². The zero-order chi connectivity index (χ0) is 31.7. The lowest BCUT2D eigenvalue weighted by molar-refractivity contribution is 0.0601. The second kappa shape index (κ2) is 12.4. The first-order valence-corrected chi connectivity index (χ1v) is 15.5. The molecule has 5 aromatic rings. The van der Waals surface area contributed by atoms with Gasteiger partial charge in [0.2, 0.25) is 0 Å². The molecule has 0 aliphatic carbocycles. The molecule has 1 aliphatic rings. The van der Waals surface area contributed by atoms with Crippen LogP contribution < -0.4 is 21.1 Å². The summed E-state index contributed by atoms with van der Waals surface area (Å²) in [4.78, 5) is 48.5. The highest BCUT2D eigenvalue weighted by Crippen LogP contribution is 2.43. The Morgan fingerprint density at radius 3 is 2.67 bits per heavy atom. The molecule has 3 heterocycles. The van der Waals surface area contributed by atoms with Crippen LogP contribution in [0.3, 0.4) is 0 Å². The number of anilines is 2. The number of H-pyrrole nitrogens is 1. The maximum absolute atomic E-state index is 14.1. The number of benzene rings is 3. The van der Waals surface area contributed by atoms with Gasteiger partial charge in [-0.3, -0.25) is 9.59 Å². The van der Waals surface area contributed by atoms with Gasteiger partial charge in [-0.25, -0.2) is 9.78 Å². The number of ether oxygens (including phenoxy) is 2. The highest BCUT2D eigenvalue weighted by Gasteiger charge is 2.26. The summed E-state index contributed by atoms with van der Waals surface area (Å²) in [6.07, 6.45) is 1.70. The number of fused-ring (bicyclic) bond motifs is 4. The Kier molecular flexibility index (Phi) is 8.27. The topological polar surface area (TPSA) is 148 Å². The van der Waals surface area contributed by atoms with Crippen LogP contribution in [0.1, 0.15) is 56.9 Å². The number of nitrogens with one attached hydrogen (secondary N) is 3. The number of hydrogen-bond acceptors (Lipinski definition) is 8. The SMILES string of the molecule is COC(=O)c1cc(C(=O)NCC(C)C)ccc1-c1cc2c(cc1C(=O)Nc1ccc3[nH]c(N)nc3c1)-c1sccc1CCCO2. The first-order valence-electron chi connectivity index (χ1n) is 14.7. The molecule has 0 bridgehead atoms. The summed E-state index contributed by atoms with van der Waals surface area (Å²) in [5, 5.41) is 7.91. The Hall–Kier alpha value is -5.16. The largest absolute Gasteiger partial charge is 0.493 e. The number of nitrogen functional groups attached to an aromatic ring is 1. The fourth-order valence-corrected chi connectivity index (χ4v) is 6.38. The summed E-state index contributed by atoms with van der Waals surface area (Å²) in [6, 6.07) is 15.8. The third-order valence-corrected chi connectivity index (χ3v) is 8.60. The number of carbonyl (C=O) groups is 3. The molecule has 45 heavy (non-hydrogen) atoms. The van der Waals surface area contributed by atoms with Crippen LogP contribution in [0.15, 0.2) is 60.0 Å². The number of methoxy groups -OCH3 is 1. The van der Waals surface area contributed by atoms with Gasteiger partial charge in [-0.05, 0) is 89.4 Å². The lowest BCUT2D eigenvalue weighted by Gasteiger charge is -2.21. The summed E-state index contributed by atoms with van der Waals surface area (Å²) in [6.45, 7) is 4.99. The fraction of sp³-hybridized carbons (Fsp3) is 0.235. The third kappa shape index (κ3) is 6.12. The molecule has 0 unspecified atom stereocenters. The molecule has 0 spiro atoms. The number of thiophene rings is 1. The number of imidazole rings is 1. The molecule has 2 amide bonds. The number of aryl methyl sites for hydroxylation is 1. The zero-order valence-electron chi connectivity index (χ0n) is 25.2. The molecule has 10 nitrogen and oxygen atoms in total. The first-order chi connectivity index (χ1) is 21.7. The van der Waals surface area contributed by atoms with E-state index in [0.29, 0.717) is 52.4 Å². The van der Waals surface area contributed by atoms with E-state index in [9.17, 15) is 14.4 Å². The van der Waals surface area contributed by atoms with Crippen LogP contribution in [0.25, 0.3) is 32.6 Å². The summed E-state index contributed by atoms with van der Waals surface area (Å²) >= 11 is 1.59. The number of hydrogen-bond donors (Lipinski definition) is 4. The van der Waals surface area contributed by atoms with Crippen LogP contribution in [-0.4, -0.2) is 48.0 Å². The smallest absolute Gasteiger partial charge is 0.338 e. The molecule has 5 N–H and O–H groups in total. The normalized spacial score (nSPS) is 12.4. The fourth-order valence-electron chi connectivity index (χ4n) is 5.40. The molecule has 6 rings (SSSR count). The molecular weight excluding hydrogens is 590 g/mol. The summed E-state index contributed by atoms with van der Waals surface area (Å²) in [5.74, 6) is -0.198. The molecule has 0 atom stereocenters. The monoisotopic (exact) mass is 623 g/mol. The van der Waals surface area contributed by atoms with Crippen molar-refractivity contribution >= 4 is 51.8 Å². The molecule has 0 saturated carbocycles. The van der Waals surface area contributed by atoms with E-state index in [1.807, 2.05) is 25.3 Å². The number of amides is 2. The minimum atomic E-state index is -0.635. The van der Waals surface area contributed by atoms with Crippen LogP contribution in [0, 0.1) is 5.92 Å². The molecule has 0 fully saturated rings. The molecule has 0 saturated heterocycles. The van der Waals surface area contributed by atoms with Crippen LogP contribution in [-0.2, 0) is 11.2 Å². The second-order valence-corrected chi connectivity index (χ2v) is 12.2. The van der Waals surface area contributed by atoms with Gasteiger partial charge in [-0.1, -0.05) is 19.9 Å². The minimum Gasteiger partial charge on any atom is -0.493 e. The number of nitrogens with two attached hydrogens (primary N) is 1. The molecule has 11 heteroatoms. The van der Waals surface area contributed by atoms with E-state index in [1.165, 1.54) is 18.7 Å². The average molecular weight is 624 g/mol. The van der Waals surface area contributed by atoms with Crippen molar-refractivity contribution < 1.29 is 23.9 Å². The maximum atomic E-state index is 14.1. The van der Waals surface area contributed by atoms with E-state index in [1.54, 1.807) is 47.7 Å². The summed E-state index contributed by atoms with van der Waals surface area (Å²) < 4.78 is 11.4. The van der Waals surface area contributed by atoms with E-state index in [0.717, 1.165) is 28.8 Å². The van der Waals surface area contributed by atoms with Crippen LogP contribution >= 0.6 is 11.3 Å². The predicted molar refractivity (Wildman–Crippen MR) is 176 cm³/mol. The molecule has 230 valence electrons. The number of esters is 1. The Bertz CT molecular complexity index is 1940. The van der Waals surface area contributed by atoms with E-state index in [4.69, 9.17) is 15.2 Å². The highest BCUT2D eigenvalue weighted by molar-refractivity contribution is 7.13. The molecule has 1 aliphatic heterocycles. The number of nitrogens with zero attached hydrogens (tertiary/aromatic N) is 1. The maximum Gasteiger partial charge on any atom is 0.338 e. The van der Waals surface area contributed by atoms with Gasteiger partial charge in [0.25, 0.3) is 11.8 Å². The molecule has 3 aromatic carbocycles. The molecule has 0 radical (unpaired) electrons. The highest BCUT2D eigenvalue weighted by atomic mass is 32.1. The van der Waals surface area contributed by atoms with Gasteiger partial charge >= 0.3 is 5.97 Å². The molecule has 2 aromatic heterocycles. The van der Waals surface area contributed by atoms with Crippen molar-refractivity contribution in [2.75, 3.05) is 31.3 Å². The van der Waals surface area contributed by atoms with Gasteiger partial charge in [0.15, 0.2) is 5.95 Å². The van der Waals surface area contributed by atoms with E-state index >= 15 is 0 Å². The van der Waals surface area contributed by atoms with E-state index < -0.39 is 11.9 Å². The van der Waals surface area contributed by atoms with Crippen molar-refractivity contribution in [2.45, 2.75) is 26.7 Å². The van der Waals surface area contributed by atoms with Crippen LogP contribution in [0.2, 0.25) is 0 Å². The standard InChI is InChI=1S/C34H33N5O5S/c1-18(2)17-36-31(40)20-6-8-22(25(13-20)33(42)43-3)23-16-29-26(30-19(10-12-45-30)5-4-11-44-29)15-24(23)32(41)37-21-7-9-27-28(14-21)39-34(35)38-27/h6-10,12-16,18H,4-5,11,17H2,1-3H3,(H,36,40)(H,37,41)(H3,35,38,39). The Morgan fingerprint density at radius 2 is 1.87 bits per heavy atom. The Labute approximate surface area is 264 Å². The quantitative estimate of drug-likeness (QED) is 0.156. The molecular formula is C34H33N5O5S. The average Bonchev–Trinajstić information content (AvgIpc) is 3.64. The van der Waals surface area contributed by atoms with Crippen molar-refractivity contribution in [3.05, 3.63) is 82.2 Å². The van der Waals surface area contributed by atoms with Crippen LogP contribution in [0.5, 0.6) is 5.75 Å². The van der Waals surface area contributed by atoms with Gasteiger partial charge in [0.1, 0.15) is 5.75 Å². The number of aromatic nitrogens is 2. The van der Waals surface area contributed by atoms with Crippen molar-refractivity contribution in [1.29, 1.82) is 0 Å². The van der Waals surface area contributed by atoms with Crippen molar-refractivity contribution in [2.24, 2.45) is 5.92 Å². The minimum absolute atomic E-state index is 0.153. The van der Waals surface area contributed by atoms with Crippen molar-refractivity contribution in [3.8, 4) is 27.3 Å². The Morgan fingerprint density at radius 1 is 1.02 bits per heavy atom. The lowest BCUT2D eigenvalue weighted by Crippen LogP contribution is -2.27. The number of aromatic amines is 1. The third-order valence-electron chi connectivity index (χ3n) is 7.61. The van der Waals surface area contributed by atoms with Gasteiger partial charge < -0.3 is 30.8 Å². The second-order valence-electron chi connectivity index (χ2n) is 11.3. The van der Waals surface area contributed by atoms with Crippen molar-refractivity contribution in [1.82, 2.24) is 15.3 Å². The van der Waals surface area contributed by atoms with Gasteiger partial charge in [-0.2, -0.15) is 0 Å². The van der Waals surface area contributed by atoms with Gasteiger partial charge in [0, 0.05) is 33.8 Å². The van der Waals surface area contributed by atoms with Crippen molar-refractivity contribution in [3.63, 3.8) is 0 Å². The predicted octanol–water partition coefficient (Wildman–Crippen LogP) is 6.29. The zero-order valence-corrected chi connectivity index (χ0v) is 26.0. The van der Waals surface area contributed by atoms with E-state index in [-0.39, 0.29) is 23.3 Å². The number of carbonyl (C=O) groups excluding carboxylic acids is 3. The Balaban J connectivity index is 1.50. The van der Waals surface area contributed by atoms with Crippen LogP contribution in [0.4, 0.5) is 11.6 Å². The first kappa shape index (κ1) is 29.9. The van der Waals surface area contributed by atoms with E-state index in [2.05, 4.69) is 26.7 Å². The number of rotatable bonds is 7. The summed E-state index contributed by atoms with van der Waals surface area (Å²) in [5.41, 5.74) is 11.4. The summed E-state index contributed by atoms with van der Waals surface area (Å²) in [7, 11) is 1.28. The van der Waals surface area contributed by atoms with Gasteiger partial charge in [-0.15, -0.1) is 11.3 Å². The lowest BCUT2D eigenvalue weighted by atomic mass is 9.90.